The lowest BCUT2D eigenvalue weighted by molar-refractivity contribution is -0.0699. The summed E-state index contributed by atoms with van der Waals surface area (Å²) in [7, 11) is 0. The number of rotatable bonds is 4. The van der Waals surface area contributed by atoms with E-state index in [1.165, 1.54) is 12.1 Å². The van der Waals surface area contributed by atoms with Crippen LogP contribution >= 0.6 is 0 Å². The molecule has 0 unspecified atom stereocenters. The molecule has 0 N–H and O–H groups in total. The average Bonchev–Trinajstić information content (AvgIpc) is 2.30. The van der Waals surface area contributed by atoms with Gasteiger partial charge in [-0.25, -0.2) is 4.39 Å². The van der Waals surface area contributed by atoms with E-state index in [2.05, 4.69) is 18.7 Å². The van der Waals surface area contributed by atoms with Gasteiger partial charge in [-0.3, -0.25) is 4.90 Å². The monoisotopic (exact) mass is 253 g/mol. The fourth-order valence-corrected chi connectivity index (χ4v) is 2.29. The summed E-state index contributed by atoms with van der Waals surface area (Å²) >= 11 is 0. The van der Waals surface area contributed by atoms with Gasteiger partial charge < -0.3 is 9.47 Å². The first-order valence-electron chi connectivity index (χ1n) is 6.39. The molecule has 2 atom stereocenters. The minimum Gasteiger partial charge on any atom is -0.492 e. The Kier molecular flexibility index (Phi) is 4.55. The lowest BCUT2D eigenvalue weighted by Gasteiger charge is -2.35. The van der Waals surface area contributed by atoms with Crippen LogP contribution in [0.3, 0.4) is 0 Å². The van der Waals surface area contributed by atoms with Crippen molar-refractivity contribution in [1.82, 2.24) is 4.90 Å². The first-order valence-corrected chi connectivity index (χ1v) is 6.39. The fourth-order valence-electron chi connectivity index (χ4n) is 2.29. The molecule has 1 aliphatic rings. The van der Waals surface area contributed by atoms with Gasteiger partial charge in [-0.2, -0.15) is 0 Å². The van der Waals surface area contributed by atoms with Crippen molar-refractivity contribution in [3.8, 4) is 5.75 Å². The molecule has 0 saturated carbocycles. The second kappa shape index (κ2) is 6.16. The first kappa shape index (κ1) is 13.3. The Hall–Kier alpha value is -1.13. The zero-order valence-electron chi connectivity index (χ0n) is 10.9. The zero-order chi connectivity index (χ0) is 13.0. The van der Waals surface area contributed by atoms with E-state index in [1.54, 1.807) is 12.1 Å². The van der Waals surface area contributed by atoms with Gasteiger partial charge in [0.2, 0.25) is 0 Å². The summed E-state index contributed by atoms with van der Waals surface area (Å²) in [5.41, 5.74) is 0. The molecule has 1 fully saturated rings. The minimum atomic E-state index is -0.238. The maximum Gasteiger partial charge on any atom is 0.123 e. The standard InChI is InChI=1S/C14H20FNO2/c1-11-9-16(10-12(2)18-11)7-8-17-14-5-3-13(15)4-6-14/h3-6,11-12H,7-10H2,1-2H3/t11-,12-/m1/s1. The van der Waals surface area contributed by atoms with Crippen LogP contribution in [0.2, 0.25) is 0 Å². The molecule has 0 aromatic heterocycles. The van der Waals surface area contributed by atoms with E-state index in [9.17, 15) is 4.39 Å². The van der Waals surface area contributed by atoms with Crippen molar-refractivity contribution in [1.29, 1.82) is 0 Å². The van der Waals surface area contributed by atoms with Crippen LogP contribution in [-0.2, 0) is 4.74 Å². The molecule has 4 heteroatoms. The van der Waals surface area contributed by atoms with Gasteiger partial charge in [0.05, 0.1) is 12.2 Å². The van der Waals surface area contributed by atoms with E-state index in [4.69, 9.17) is 9.47 Å². The van der Waals surface area contributed by atoms with Crippen LogP contribution in [-0.4, -0.2) is 43.3 Å². The minimum absolute atomic E-state index is 0.238. The van der Waals surface area contributed by atoms with Crippen molar-refractivity contribution >= 4 is 0 Å². The average molecular weight is 253 g/mol. The van der Waals surface area contributed by atoms with Crippen molar-refractivity contribution in [2.24, 2.45) is 0 Å². The molecule has 1 aliphatic heterocycles. The summed E-state index contributed by atoms with van der Waals surface area (Å²) in [5, 5.41) is 0. The third kappa shape index (κ3) is 3.96. The summed E-state index contributed by atoms with van der Waals surface area (Å²) in [6.07, 6.45) is 0.555. The highest BCUT2D eigenvalue weighted by atomic mass is 19.1. The molecule has 1 aromatic carbocycles. The summed E-state index contributed by atoms with van der Waals surface area (Å²) < 4.78 is 24.0. The van der Waals surface area contributed by atoms with Gasteiger partial charge in [0.15, 0.2) is 0 Å². The lowest BCUT2D eigenvalue weighted by atomic mass is 10.2. The summed E-state index contributed by atoms with van der Waals surface area (Å²) in [5.74, 6) is 0.476. The largest absolute Gasteiger partial charge is 0.492 e. The van der Waals surface area contributed by atoms with Gasteiger partial charge in [0, 0.05) is 19.6 Å². The Labute approximate surface area is 107 Å². The molecule has 1 aromatic rings. The number of benzene rings is 1. The van der Waals surface area contributed by atoms with E-state index >= 15 is 0 Å². The van der Waals surface area contributed by atoms with Gasteiger partial charge >= 0.3 is 0 Å². The Bertz CT molecular complexity index is 359. The highest BCUT2D eigenvalue weighted by molar-refractivity contribution is 5.21. The van der Waals surface area contributed by atoms with Gasteiger partial charge in [0.25, 0.3) is 0 Å². The predicted molar refractivity (Wildman–Crippen MR) is 68.3 cm³/mol. The summed E-state index contributed by atoms with van der Waals surface area (Å²) in [4.78, 5) is 2.34. The zero-order valence-corrected chi connectivity index (χ0v) is 10.9. The van der Waals surface area contributed by atoms with Crippen molar-refractivity contribution in [2.75, 3.05) is 26.2 Å². The maximum absolute atomic E-state index is 12.7. The predicted octanol–water partition coefficient (Wildman–Crippen LogP) is 2.31. The van der Waals surface area contributed by atoms with Crippen molar-refractivity contribution in [3.63, 3.8) is 0 Å². The molecule has 3 nitrogen and oxygen atoms in total. The number of hydrogen-bond donors (Lipinski definition) is 0. The number of hydrogen-bond acceptors (Lipinski definition) is 3. The molecule has 2 rings (SSSR count). The van der Waals surface area contributed by atoms with Gasteiger partial charge in [-0.1, -0.05) is 0 Å². The van der Waals surface area contributed by atoms with Crippen LogP contribution in [0.4, 0.5) is 4.39 Å². The summed E-state index contributed by atoms with van der Waals surface area (Å²) in [6.45, 7) is 7.54. The topological polar surface area (TPSA) is 21.7 Å². The molecule has 18 heavy (non-hydrogen) atoms. The van der Waals surface area contributed by atoms with Gasteiger partial charge in [-0.15, -0.1) is 0 Å². The maximum atomic E-state index is 12.7. The molecule has 0 amide bonds. The van der Waals surface area contributed by atoms with Gasteiger partial charge in [0.1, 0.15) is 18.2 Å². The van der Waals surface area contributed by atoms with Crippen LogP contribution in [0.25, 0.3) is 0 Å². The molecule has 1 saturated heterocycles. The Morgan fingerprint density at radius 1 is 1.22 bits per heavy atom. The van der Waals surface area contributed by atoms with E-state index < -0.39 is 0 Å². The second-order valence-corrected chi connectivity index (χ2v) is 4.82. The van der Waals surface area contributed by atoms with Crippen LogP contribution < -0.4 is 4.74 Å². The van der Waals surface area contributed by atoms with Crippen molar-refractivity contribution < 1.29 is 13.9 Å². The third-order valence-electron chi connectivity index (χ3n) is 2.99. The van der Waals surface area contributed by atoms with Crippen molar-refractivity contribution in [2.45, 2.75) is 26.1 Å². The molecular weight excluding hydrogens is 233 g/mol. The molecule has 0 spiro atoms. The number of ether oxygens (including phenoxy) is 2. The number of halogens is 1. The SMILES string of the molecule is C[C@@H]1CN(CCOc2ccc(F)cc2)C[C@@H](C)O1. The first-order chi connectivity index (χ1) is 8.63. The smallest absolute Gasteiger partial charge is 0.123 e. The highest BCUT2D eigenvalue weighted by Crippen LogP contribution is 2.12. The molecule has 0 bridgehead atoms. The normalized spacial score (nSPS) is 25.1. The Morgan fingerprint density at radius 3 is 2.44 bits per heavy atom. The van der Waals surface area contributed by atoms with Crippen LogP contribution in [0.5, 0.6) is 5.75 Å². The van der Waals surface area contributed by atoms with Crippen LogP contribution in [0.15, 0.2) is 24.3 Å². The molecular formula is C14H20FNO2. The highest BCUT2D eigenvalue weighted by Gasteiger charge is 2.21. The van der Waals surface area contributed by atoms with E-state index in [0.717, 1.165) is 19.6 Å². The van der Waals surface area contributed by atoms with Gasteiger partial charge in [-0.05, 0) is 38.1 Å². The Balaban J connectivity index is 1.73. The molecule has 0 radical (unpaired) electrons. The van der Waals surface area contributed by atoms with Crippen LogP contribution in [0, 0.1) is 5.82 Å². The van der Waals surface area contributed by atoms with E-state index in [1.807, 2.05) is 0 Å². The van der Waals surface area contributed by atoms with E-state index in [0.29, 0.717) is 12.4 Å². The number of nitrogens with zero attached hydrogens (tertiary/aromatic N) is 1. The van der Waals surface area contributed by atoms with E-state index in [-0.39, 0.29) is 18.0 Å². The molecule has 100 valence electrons. The molecule has 0 aliphatic carbocycles. The third-order valence-corrected chi connectivity index (χ3v) is 2.99. The Morgan fingerprint density at radius 2 is 1.83 bits per heavy atom. The van der Waals surface area contributed by atoms with Crippen molar-refractivity contribution in [3.05, 3.63) is 30.1 Å². The lowest BCUT2D eigenvalue weighted by Crippen LogP contribution is -2.46. The quantitative estimate of drug-likeness (QED) is 0.822. The fraction of sp³-hybridized carbons (Fsp3) is 0.571. The summed E-state index contributed by atoms with van der Waals surface area (Å²) in [6, 6.07) is 6.13. The molecule has 1 heterocycles. The number of morpholine rings is 1. The van der Waals surface area contributed by atoms with Crippen LogP contribution in [0.1, 0.15) is 13.8 Å². The second-order valence-electron chi connectivity index (χ2n) is 4.82.